The molecule has 2 aliphatic rings. The third kappa shape index (κ3) is 5.19. The molecule has 158 valence electrons. The third-order valence-electron chi connectivity index (χ3n) is 6.92. The maximum atomic E-state index is 3.90. The Labute approximate surface area is 174 Å². The van der Waals surface area contributed by atoms with E-state index >= 15 is 0 Å². The highest BCUT2D eigenvalue weighted by molar-refractivity contribution is 5.27. The van der Waals surface area contributed by atoms with Crippen LogP contribution in [-0.4, -0.2) is 22.2 Å². The van der Waals surface area contributed by atoms with Crippen molar-refractivity contribution in [3.8, 4) is 0 Å². The first-order chi connectivity index (χ1) is 12.7. The molecule has 3 rings (SSSR count). The van der Waals surface area contributed by atoms with Crippen LogP contribution < -0.4 is 10.6 Å². The Morgan fingerprint density at radius 3 is 1.29 bits per heavy atom. The van der Waals surface area contributed by atoms with E-state index in [1.54, 1.807) is 5.56 Å². The number of rotatable bonds is 3. The minimum Gasteiger partial charge on any atom is -0.307 e. The van der Waals surface area contributed by atoms with Crippen LogP contribution in [0.2, 0.25) is 0 Å². The van der Waals surface area contributed by atoms with Gasteiger partial charge in [-0.2, -0.15) is 0 Å². The molecular weight excluding hydrogens is 340 g/mol. The van der Waals surface area contributed by atoms with E-state index < -0.39 is 0 Å². The van der Waals surface area contributed by atoms with Crippen LogP contribution in [0.3, 0.4) is 0 Å². The average Bonchev–Trinajstić information content (AvgIpc) is 2.43. The van der Waals surface area contributed by atoms with Gasteiger partial charge in [0.25, 0.3) is 0 Å². The van der Waals surface area contributed by atoms with Gasteiger partial charge in [-0.25, -0.2) is 0 Å². The summed E-state index contributed by atoms with van der Waals surface area (Å²) in [6.45, 7) is 21.3. The van der Waals surface area contributed by atoms with Crippen LogP contribution in [0.4, 0.5) is 0 Å². The fourth-order valence-corrected chi connectivity index (χ4v) is 7.03. The van der Waals surface area contributed by atoms with E-state index in [-0.39, 0.29) is 22.2 Å². The first-order valence-corrected chi connectivity index (χ1v) is 11.3. The van der Waals surface area contributed by atoms with E-state index in [4.69, 9.17) is 0 Å². The van der Waals surface area contributed by atoms with Crippen LogP contribution in [0, 0.1) is 18.8 Å². The topological polar surface area (TPSA) is 24.1 Å². The molecule has 0 bridgehead atoms. The molecule has 2 heterocycles. The summed E-state index contributed by atoms with van der Waals surface area (Å²) in [4.78, 5) is 0. The van der Waals surface area contributed by atoms with Gasteiger partial charge < -0.3 is 10.6 Å². The van der Waals surface area contributed by atoms with E-state index in [1.807, 2.05) is 0 Å². The first kappa shape index (κ1) is 21.8. The largest absolute Gasteiger partial charge is 0.307 e. The minimum absolute atomic E-state index is 0.188. The Hall–Kier alpha value is -0.860. The summed E-state index contributed by atoms with van der Waals surface area (Å²) >= 11 is 0. The second-order valence-electron chi connectivity index (χ2n) is 12.6. The molecule has 1 aromatic carbocycles. The van der Waals surface area contributed by atoms with Crippen LogP contribution in [0.5, 0.6) is 0 Å². The highest BCUT2D eigenvalue weighted by Crippen LogP contribution is 2.49. The molecule has 2 heteroatoms. The Balaban J connectivity index is 2.02. The van der Waals surface area contributed by atoms with Crippen molar-refractivity contribution in [3.05, 3.63) is 35.4 Å². The molecule has 2 saturated heterocycles. The molecule has 1 aromatic rings. The summed E-state index contributed by atoms with van der Waals surface area (Å²) < 4.78 is 0. The van der Waals surface area contributed by atoms with Crippen molar-refractivity contribution in [1.82, 2.24) is 10.6 Å². The van der Waals surface area contributed by atoms with Gasteiger partial charge in [0.2, 0.25) is 0 Å². The lowest BCUT2D eigenvalue weighted by Crippen LogP contribution is -2.61. The van der Waals surface area contributed by atoms with Crippen molar-refractivity contribution in [1.29, 1.82) is 0 Å². The van der Waals surface area contributed by atoms with E-state index in [1.165, 1.54) is 31.2 Å². The van der Waals surface area contributed by atoms with Gasteiger partial charge >= 0.3 is 0 Å². The third-order valence-corrected chi connectivity index (χ3v) is 6.92. The van der Waals surface area contributed by atoms with Gasteiger partial charge in [-0.1, -0.05) is 29.8 Å². The smallest absolute Gasteiger partial charge is 0.0132 e. The molecule has 0 spiro atoms. The maximum Gasteiger partial charge on any atom is 0.0132 e. The maximum absolute atomic E-state index is 3.90. The van der Waals surface area contributed by atoms with Gasteiger partial charge in [0, 0.05) is 22.2 Å². The predicted molar refractivity (Wildman–Crippen MR) is 122 cm³/mol. The number of nitrogens with one attached hydrogen (secondary N) is 2. The Morgan fingerprint density at radius 2 is 0.964 bits per heavy atom. The second kappa shape index (κ2) is 7.13. The number of aryl methyl sites for hydroxylation is 1. The van der Waals surface area contributed by atoms with Crippen molar-refractivity contribution >= 4 is 0 Å². The summed E-state index contributed by atoms with van der Waals surface area (Å²) in [5.74, 6) is 2.05. The van der Waals surface area contributed by atoms with Gasteiger partial charge in [0.15, 0.2) is 0 Å². The predicted octanol–water partition coefficient (Wildman–Crippen LogP) is 6.19. The van der Waals surface area contributed by atoms with Crippen molar-refractivity contribution in [2.24, 2.45) is 11.8 Å². The highest BCUT2D eigenvalue weighted by Gasteiger charge is 2.47. The lowest BCUT2D eigenvalue weighted by molar-refractivity contribution is 0.0553. The monoisotopic (exact) mass is 384 g/mol. The van der Waals surface area contributed by atoms with Crippen molar-refractivity contribution < 1.29 is 0 Å². The number of piperidine rings is 2. The molecule has 0 radical (unpaired) electrons. The average molecular weight is 385 g/mol. The van der Waals surface area contributed by atoms with Crippen molar-refractivity contribution in [3.63, 3.8) is 0 Å². The van der Waals surface area contributed by atoms with Crippen LogP contribution in [0.1, 0.15) is 98.1 Å². The fourth-order valence-electron chi connectivity index (χ4n) is 7.03. The van der Waals surface area contributed by atoms with Crippen LogP contribution >= 0.6 is 0 Å². The summed E-state index contributed by atoms with van der Waals surface area (Å²) in [7, 11) is 0. The fraction of sp³-hybridized carbons (Fsp3) is 0.769. The summed E-state index contributed by atoms with van der Waals surface area (Å²) in [5.41, 5.74) is 3.67. The van der Waals surface area contributed by atoms with Crippen molar-refractivity contribution in [2.45, 2.75) is 116 Å². The van der Waals surface area contributed by atoms with E-state index in [0.717, 1.165) is 0 Å². The van der Waals surface area contributed by atoms with Gasteiger partial charge in [0.05, 0.1) is 0 Å². The molecule has 0 atom stereocenters. The van der Waals surface area contributed by atoms with E-state index in [9.17, 15) is 0 Å². The number of hydrogen-bond donors (Lipinski definition) is 2. The molecule has 0 aliphatic carbocycles. The van der Waals surface area contributed by atoms with E-state index in [0.29, 0.717) is 17.8 Å². The summed E-state index contributed by atoms with van der Waals surface area (Å²) in [6, 6.07) is 9.47. The molecule has 0 unspecified atom stereocenters. The minimum atomic E-state index is 0.188. The normalized spacial score (nSPS) is 27.1. The SMILES string of the molecule is Cc1ccc(C(C2CC(C)(C)NC(C)(C)C2)C2CC(C)(C)NC(C)(C)C2)cc1. The van der Waals surface area contributed by atoms with Gasteiger partial charge in [-0.3, -0.25) is 0 Å². The van der Waals surface area contributed by atoms with Crippen LogP contribution in [-0.2, 0) is 0 Å². The van der Waals surface area contributed by atoms with Gasteiger partial charge in [-0.05, 0) is 111 Å². The Morgan fingerprint density at radius 1 is 0.643 bits per heavy atom. The zero-order valence-electron chi connectivity index (χ0n) is 19.9. The molecule has 28 heavy (non-hydrogen) atoms. The zero-order valence-corrected chi connectivity index (χ0v) is 19.9. The molecule has 0 aromatic heterocycles. The van der Waals surface area contributed by atoms with Gasteiger partial charge in [-0.15, -0.1) is 0 Å². The molecule has 2 aliphatic heterocycles. The molecule has 0 amide bonds. The number of benzene rings is 1. The van der Waals surface area contributed by atoms with Gasteiger partial charge in [0.1, 0.15) is 0 Å². The standard InChI is InChI=1S/C26H44N2/c1-18-10-12-19(13-11-18)22(20-14-23(2,3)27-24(4,5)15-20)21-16-25(6,7)28-26(8,9)17-21/h10-13,20-22,27-28H,14-17H2,1-9H3. The molecule has 2 nitrogen and oxygen atoms in total. The Bertz CT molecular complexity index is 611. The van der Waals surface area contributed by atoms with Crippen molar-refractivity contribution in [2.75, 3.05) is 0 Å². The summed E-state index contributed by atoms with van der Waals surface area (Å²) in [6.07, 6.45) is 5.00. The highest BCUT2D eigenvalue weighted by atomic mass is 15.1. The lowest BCUT2D eigenvalue weighted by atomic mass is 9.61. The summed E-state index contributed by atoms with van der Waals surface area (Å²) in [5, 5.41) is 7.80. The van der Waals surface area contributed by atoms with Crippen LogP contribution in [0.15, 0.2) is 24.3 Å². The molecular formula is C26H44N2. The Kier molecular flexibility index (Phi) is 5.56. The molecule has 2 N–H and O–H groups in total. The van der Waals surface area contributed by atoms with E-state index in [2.05, 4.69) is 97.2 Å². The molecule has 0 saturated carbocycles. The number of hydrogen-bond acceptors (Lipinski definition) is 2. The van der Waals surface area contributed by atoms with Crippen LogP contribution in [0.25, 0.3) is 0 Å². The second-order valence-corrected chi connectivity index (χ2v) is 12.6. The first-order valence-electron chi connectivity index (χ1n) is 11.3. The molecule has 2 fully saturated rings. The lowest BCUT2D eigenvalue weighted by Gasteiger charge is -2.54. The quantitative estimate of drug-likeness (QED) is 0.649. The zero-order chi connectivity index (χ0) is 21.0.